The number of hydrogen-bond donors (Lipinski definition) is 2. The Morgan fingerprint density at radius 2 is 2.06 bits per heavy atom. The Kier molecular flexibility index (Phi) is 3.30. The van der Waals surface area contributed by atoms with Crippen LogP contribution in [-0.2, 0) is 6.54 Å². The van der Waals surface area contributed by atoms with Crippen LogP contribution in [0.2, 0.25) is 5.02 Å². The van der Waals surface area contributed by atoms with E-state index in [2.05, 4.69) is 32.6 Å². The van der Waals surface area contributed by atoms with Gasteiger partial charge in [-0.2, -0.15) is 5.10 Å². The van der Waals surface area contributed by atoms with Gasteiger partial charge in [0, 0.05) is 11.1 Å². The molecule has 1 heterocycles. The van der Waals surface area contributed by atoms with E-state index in [9.17, 15) is 0 Å². The standard InChI is InChI=1S/C13H15ClN4/c14-11-3-1-9(2-4-11)10-5-12(6-10)15-7-13-16-8-17-18-13/h1-4,8,10,12,15H,5-7H2,(H,16,17,18). The number of aromatic nitrogens is 3. The zero-order valence-corrected chi connectivity index (χ0v) is 10.7. The van der Waals surface area contributed by atoms with Crippen molar-refractivity contribution in [3.63, 3.8) is 0 Å². The van der Waals surface area contributed by atoms with Gasteiger partial charge < -0.3 is 5.32 Å². The molecule has 5 heteroatoms. The van der Waals surface area contributed by atoms with E-state index in [-0.39, 0.29) is 0 Å². The maximum atomic E-state index is 5.88. The lowest BCUT2D eigenvalue weighted by atomic mass is 9.76. The smallest absolute Gasteiger partial charge is 0.138 e. The fraction of sp³-hybridized carbons (Fsp3) is 0.385. The lowest BCUT2D eigenvalue weighted by molar-refractivity contribution is 0.287. The summed E-state index contributed by atoms with van der Waals surface area (Å²) in [5.41, 5.74) is 1.39. The molecule has 0 saturated heterocycles. The van der Waals surface area contributed by atoms with Crippen LogP contribution < -0.4 is 5.32 Å². The van der Waals surface area contributed by atoms with E-state index in [1.54, 1.807) is 0 Å². The van der Waals surface area contributed by atoms with Gasteiger partial charge in [-0.25, -0.2) is 4.98 Å². The molecule has 1 aliphatic carbocycles. The first-order valence-corrected chi connectivity index (χ1v) is 6.52. The van der Waals surface area contributed by atoms with Crippen LogP contribution in [0.4, 0.5) is 0 Å². The van der Waals surface area contributed by atoms with Crippen LogP contribution in [0.25, 0.3) is 0 Å². The Balaban J connectivity index is 1.47. The van der Waals surface area contributed by atoms with Crippen LogP contribution in [0.5, 0.6) is 0 Å². The van der Waals surface area contributed by atoms with Crippen LogP contribution in [0.15, 0.2) is 30.6 Å². The van der Waals surface area contributed by atoms with E-state index in [4.69, 9.17) is 11.6 Å². The third-order valence-corrected chi connectivity index (χ3v) is 3.75. The molecule has 4 nitrogen and oxygen atoms in total. The summed E-state index contributed by atoms with van der Waals surface area (Å²) in [6.07, 6.45) is 3.89. The van der Waals surface area contributed by atoms with E-state index in [1.165, 1.54) is 24.7 Å². The van der Waals surface area contributed by atoms with Crippen LogP contribution in [0.3, 0.4) is 0 Å². The molecular formula is C13H15ClN4. The number of hydrogen-bond acceptors (Lipinski definition) is 3. The van der Waals surface area contributed by atoms with Gasteiger partial charge >= 0.3 is 0 Å². The molecule has 0 unspecified atom stereocenters. The third-order valence-electron chi connectivity index (χ3n) is 3.50. The van der Waals surface area contributed by atoms with Gasteiger partial charge in [-0.1, -0.05) is 23.7 Å². The zero-order valence-electron chi connectivity index (χ0n) is 9.94. The molecule has 2 aromatic rings. The topological polar surface area (TPSA) is 53.6 Å². The number of halogens is 1. The minimum atomic E-state index is 0.579. The van der Waals surface area contributed by atoms with E-state index in [1.807, 2.05) is 12.1 Å². The van der Waals surface area contributed by atoms with E-state index in [0.29, 0.717) is 12.0 Å². The second kappa shape index (κ2) is 5.08. The molecule has 0 amide bonds. The summed E-state index contributed by atoms with van der Waals surface area (Å²) in [5.74, 6) is 1.56. The number of aromatic amines is 1. The van der Waals surface area contributed by atoms with Crippen LogP contribution in [0, 0.1) is 0 Å². The highest BCUT2D eigenvalue weighted by molar-refractivity contribution is 6.30. The van der Waals surface area contributed by atoms with Crippen molar-refractivity contribution in [2.24, 2.45) is 0 Å². The van der Waals surface area contributed by atoms with E-state index in [0.717, 1.165) is 17.4 Å². The summed E-state index contributed by atoms with van der Waals surface area (Å²) in [6.45, 7) is 0.762. The predicted octanol–water partition coefficient (Wildman–Crippen LogP) is 2.49. The molecule has 1 fully saturated rings. The predicted molar refractivity (Wildman–Crippen MR) is 70.4 cm³/mol. The average molecular weight is 263 g/mol. The summed E-state index contributed by atoms with van der Waals surface area (Å²) in [5, 5.41) is 11.0. The average Bonchev–Trinajstić information content (AvgIpc) is 2.82. The van der Waals surface area contributed by atoms with Crippen molar-refractivity contribution in [3.05, 3.63) is 47.0 Å². The summed E-state index contributed by atoms with van der Waals surface area (Å²) < 4.78 is 0. The van der Waals surface area contributed by atoms with Gasteiger partial charge in [0.05, 0.1) is 6.54 Å². The number of rotatable bonds is 4. The molecule has 0 radical (unpaired) electrons. The highest BCUT2D eigenvalue weighted by Gasteiger charge is 2.29. The van der Waals surface area contributed by atoms with Gasteiger partial charge in [-0.3, -0.25) is 5.10 Å². The molecule has 1 aromatic heterocycles. The third kappa shape index (κ3) is 2.54. The molecular weight excluding hydrogens is 248 g/mol. The van der Waals surface area contributed by atoms with Crippen LogP contribution in [-0.4, -0.2) is 21.2 Å². The van der Waals surface area contributed by atoms with Crippen molar-refractivity contribution < 1.29 is 0 Å². The van der Waals surface area contributed by atoms with Gasteiger partial charge in [0.25, 0.3) is 0 Å². The fourth-order valence-corrected chi connectivity index (χ4v) is 2.47. The number of nitrogens with one attached hydrogen (secondary N) is 2. The largest absolute Gasteiger partial charge is 0.307 e. The second-order valence-electron chi connectivity index (χ2n) is 4.73. The van der Waals surface area contributed by atoms with Crippen molar-refractivity contribution in [1.29, 1.82) is 0 Å². The Morgan fingerprint density at radius 1 is 1.28 bits per heavy atom. The first-order valence-electron chi connectivity index (χ1n) is 6.14. The Morgan fingerprint density at radius 3 is 2.72 bits per heavy atom. The molecule has 1 aliphatic rings. The summed E-state index contributed by atoms with van der Waals surface area (Å²) in [7, 11) is 0. The van der Waals surface area contributed by atoms with Crippen molar-refractivity contribution >= 4 is 11.6 Å². The molecule has 0 aliphatic heterocycles. The van der Waals surface area contributed by atoms with Crippen molar-refractivity contribution in [2.75, 3.05) is 0 Å². The molecule has 0 atom stereocenters. The summed E-state index contributed by atoms with van der Waals surface area (Å²) in [6, 6.07) is 8.76. The molecule has 0 spiro atoms. The van der Waals surface area contributed by atoms with Gasteiger partial charge in [0.2, 0.25) is 0 Å². The monoisotopic (exact) mass is 262 g/mol. The van der Waals surface area contributed by atoms with E-state index < -0.39 is 0 Å². The lowest BCUT2D eigenvalue weighted by Gasteiger charge is -2.36. The van der Waals surface area contributed by atoms with Gasteiger partial charge in [-0.05, 0) is 36.5 Å². The van der Waals surface area contributed by atoms with E-state index >= 15 is 0 Å². The van der Waals surface area contributed by atoms with Crippen molar-refractivity contribution in [2.45, 2.75) is 31.3 Å². The molecule has 94 valence electrons. The minimum Gasteiger partial charge on any atom is -0.307 e. The minimum absolute atomic E-state index is 0.579. The first-order chi connectivity index (χ1) is 8.81. The maximum absolute atomic E-state index is 5.88. The van der Waals surface area contributed by atoms with Crippen LogP contribution >= 0.6 is 11.6 Å². The first kappa shape index (κ1) is 11.7. The molecule has 2 N–H and O–H groups in total. The molecule has 1 aromatic carbocycles. The number of benzene rings is 1. The molecule has 18 heavy (non-hydrogen) atoms. The second-order valence-corrected chi connectivity index (χ2v) is 5.17. The maximum Gasteiger partial charge on any atom is 0.138 e. The Labute approximate surface area is 111 Å². The van der Waals surface area contributed by atoms with Crippen molar-refractivity contribution in [1.82, 2.24) is 20.5 Å². The molecule has 3 rings (SSSR count). The number of nitrogens with zero attached hydrogens (tertiary/aromatic N) is 2. The normalized spacial score (nSPS) is 22.7. The van der Waals surface area contributed by atoms with Gasteiger partial charge in [0.1, 0.15) is 12.2 Å². The summed E-state index contributed by atoms with van der Waals surface area (Å²) >= 11 is 5.88. The fourth-order valence-electron chi connectivity index (χ4n) is 2.35. The molecule has 1 saturated carbocycles. The highest BCUT2D eigenvalue weighted by Crippen LogP contribution is 2.37. The highest BCUT2D eigenvalue weighted by atomic mass is 35.5. The van der Waals surface area contributed by atoms with Gasteiger partial charge in [-0.15, -0.1) is 0 Å². The van der Waals surface area contributed by atoms with Crippen molar-refractivity contribution in [3.8, 4) is 0 Å². The van der Waals surface area contributed by atoms with Gasteiger partial charge in [0.15, 0.2) is 0 Å². The SMILES string of the molecule is Clc1ccc(C2CC(NCc3ncn[nH]3)C2)cc1. The van der Waals surface area contributed by atoms with Crippen LogP contribution in [0.1, 0.15) is 30.1 Å². The molecule has 0 bridgehead atoms. The Hall–Kier alpha value is -1.39. The quantitative estimate of drug-likeness (QED) is 0.890. The lowest BCUT2D eigenvalue weighted by Crippen LogP contribution is -2.39. The zero-order chi connectivity index (χ0) is 12.4. The number of H-pyrrole nitrogens is 1. The summed E-state index contributed by atoms with van der Waals surface area (Å²) in [4.78, 5) is 4.09. The Bertz CT molecular complexity index is 488.